The number of hydrogen-bond acceptors (Lipinski definition) is 8. The summed E-state index contributed by atoms with van der Waals surface area (Å²) in [6.07, 6.45) is -0.448. The van der Waals surface area contributed by atoms with Crippen molar-refractivity contribution >= 4 is 23.9 Å². The molecule has 2 atom stereocenters. The first kappa shape index (κ1) is 18.1. The van der Waals surface area contributed by atoms with Gasteiger partial charge in [0.05, 0.1) is 0 Å². The van der Waals surface area contributed by atoms with Gasteiger partial charge in [-0.05, 0) is 12.8 Å². The van der Waals surface area contributed by atoms with Gasteiger partial charge in [-0.15, -0.1) is 0 Å². The molecule has 142 valence electrons. The van der Waals surface area contributed by atoms with Crippen LogP contribution < -0.4 is 22.9 Å². The van der Waals surface area contributed by atoms with Crippen molar-refractivity contribution in [3.8, 4) is 0 Å². The molecule has 0 spiro atoms. The topological polar surface area (TPSA) is 253 Å². The van der Waals surface area contributed by atoms with Crippen LogP contribution in [-0.4, -0.2) is 69.5 Å². The van der Waals surface area contributed by atoms with Crippen LogP contribution in [0, 0.1) is 0 Å². The van der Waals surface area contributed by atoms with E-state index in [1.807, 2.05) is 0 Å². The largest absolute Gasteiger partial charge is 0.481 e. The number of carbonyl (C=O) groups is 4. The standard InChI is InChI=1S/2C5H9NO4.C2H8N2/c2*6-3(5(9)10)1-2-4(7)8;3-1-2-4/h2*3H,1-2,6H2,(H,7,8)(H,9,10);1-4H2/t2*3-;/m00./s1/i/hD4. The predicted molar refractivity (Wildman–Crippen MR) is 83.1 cm³/mol. The molecule has 0 unspecified atom stereocenters. The van der Waals surface area contributed by atoms with Crippen LogP contribution in [0.4, 0.5) is 0 Å². The van der Waals surface area contributed by atoms with Crippen molar-refractivity contribution < 1.29 is 45.3 Å². The summed E-state index contributed by atoms with van der Waals surface area (Å²) in [5, 5.41) is 32.5. The van der Waals surface area contributed by atoms with Crippen molar-refractivity contribution in [2.24, 2.45) is 22.9 Å². The summed E-state index contributed by atoms with van der Waals surface area (Å²) in [5.74, 6) is -4.39. The van der Waals surface area contributed by atoms with Crippen LogP contribution in [-0.2, 0) is 19.2 Å². The van der Waals surface area contributed by atoms with E-state index in [2.05, 4.69) is 0 Å². The molecule has 0 saturated carbocycles. The molecule has 0 aromatic rings. The van der Waals surface area contributed by atoms with E-state index in [4.69, 9.17) is 37.5 Å². The summed E-state index contributed by atoms with van der Waals surface area (Å²) < 4.78 is 25.9. The minimum Gasteiger partial charge on any atom is -0.481 e. The Hall–Kier alpha value is -2.28. The molecular formula is C12H26N4O8. The van der Waals surface area contributed by atoms with Crippen LogP contribution in [0.15, 0.2) is 0 Å². The molecule has 24 heavy (non-hydrogen) atoms. The summed E-state index contributed by atoms with van der Waals surface area (Å²) in [5.41, 5.74) is 10.9. The summed E-state index contributed by atoms with van der Waals surface area (Å²) in [6.45, 7) is 0.208. The van der Waals surface area contributed by atoms with Gasteiger partial charge in [0.25, 0.3) is 0 Å². The van der Waals surface area contributed by atoms with Crippen LogP contribution in [0.25, 0.3) is 0 Å². The molecule has 0 amide bonds. The van der Waals surface area contributed by atoms with Crippen molar-refractivity contribution in [2.45, 2.75) is 37.8 Å². The number of carboxylic acid groups (broad SMARTS) is 4. The van der Waals surface area contributed by atoms with Crippen molar-refractivity contribution in [1.82, 2.24) is 0 Å². The normalized spacial score (nSPS) is 14.3. The van der Waals surface area contributed by atoms with Gasteiger partial charge in [-0.1, -0.05) is 0 Å². The summed E-state index contributed by atoms with van der Waals surface area (Å²) in [4.78, 5) is 39.7. The lowest BCUT2D eigenvalue weighted by atomic mass is 10.2. The lowest BCUT2D eigenvalue weighted by molar-refractivity contribution is -0.141. The van der Waals surface area contributed by atoms with Crippen LogP contribution >= 0.6 is 0 Å². The van der Waals surface area contributed by atoms with E-state index in [-0.39, 0.29) is 38.8 Å². The van der Waals surface area contributed by atoms with Gasteiger partial charge in [0.15, 0.2) is 0 Å². The molecule has 12 N–H and O–H groups in total. The molecule has 0 radical (unpaired) electrons. The molecule has 12 nitrogen and oxygen atoms in total. The highest BCUT2D eigenvalue weighted by Crippen LogP contribution is 1.94. The Bertz CT molecular complexity index is 443. The van der Waals surface area contributed by atoms with Crippen LogP contribution in [0.1, 0.15) is 25.7 Å². The fourth-order valence-corrected chi connectivity index (χ4v) is 0.805. The monoisotopic (exact) mass is 358 g/mol. The highest BCUT2D eigenvalue weighted by molar-refractivity contribution is 5.75. The quantitative estimate of drug-likeness (QED) is 0.189. The Morgan fingerprint density at radius 1 is 0.750 bits per heavy atom. The molecule has 0 aliphatic rings. The van der Waals surface area contributed by atoms with E-state index in [1.165, 1.54) is 0 Å². The van der Waals surface area contributed by atoms with E-state index >= 15 is 0 Å². The second kappa shape index (κ2) is 17.1. The van der Waals surface area contributed by atoms with E-state index < -0.39 is 36.0 Å². The molecule has 0 aliphatic heterocycles. The third-order valence-corrected chi connectivity index (χ3v) is 2.07. The maximum absolute atomic E-state index is 9.99. The molecule has 0 bridgehead atoms. The zero-order chi connectivity index (χ0) is 22.9. The average Bonchev–Trinajstić information content (AvgIpc) is 2.56. The Morgan fingerprint density at radius 3 is 1.21 bits per heavy atom. The fourth-order valence-electron chi connectivity index (χ4n) is 0.805. The second-order valence-electron chi connectivity index (χ2n) is 4.20. The number of carboxylic acids is 4. The maximum atomic E-state index is 9.99. The third-order valence-electron chi connectivity index (χ3n) is 2.07. The van der Waals surface area contributed by atoms with Crippen LogP contribution in [0.3, 0.4) is 0 Å². The molecule has 0 saturated heterocycles. The van der Waals surface area contributed by atoms with Gasteiger partial charge in [0.2, 0.25) is 0 Å². The Labute approximate surface area is 144 Å². The first-order valence-corrected chi connectivity index (χ1v) is 6.61. The molecule has 0 aliphatic carbocycles. The highest BCUT2D eigenvalue weighted by Gasteiger charge is 2.12. The Balaban J connectivity index is -0.000000337. The Kier molecular flexibility index (Phi) is 12.9. The van der Waals surface area contributed by atoms with Gasteiger partial charge < -0.3 is 43.3 Å². The summed E-state index contributed by atoms with van der Waals surface area (Å²) in [7, 11) is 0. The molecular weight excluding hydrogens is 328 g/mol. The Morgan fingerprint density at radius 2 is 1.04 bits per heavy atom. The maximum Gasteiger partial charge on any atom is 0.320 e. The number of aliphatic carboxylic acids is 4. The molecule has 0 heterocycles. The molecule has 0 aromatic heterocycles. The first-order chi connectivity index (χ1) is 12.7. The van der Waals surface area contributed by atoms with Crippen LogP contribution in [0.2, 0.25) is 5.65 Å². The van der Waals surface area contributed by atoms with Gasteiger partial charge >= 0.3 is 23.9 Å². The number of rotatable bonds is 11. The fraction of sp³-hybridized carbons (Fsp3) is 0.667. The van der Waals surface area contributed by atoms with Gasteiger partial charge in [-0.25, -0.2) is 0 Å². The average molecular weight is 358 g/mol. The SMILES string of the molecule is N[C@@H](CCC(=O)O)C(=O)O.N[C@@H](CCC(=O)O)C(=O)O.[2H]N([2H])CCN([2H])[2H]. The first-order valence-electron chi connectivity index (χ1n) is 8.40. The second-order valence-corrected chi connectivity index (χ2v) is 4.20. The molecule has 0 aromatic carbocycles. The van der Waals surface area contributed by atoms with E-state index in [1.54, 1.807) is 0 Å². The molecule has 12 heteroatoms. The summed E-state index contributed by atoms with van der Waals surface area (Å²) >= 11 is 0. The van der Waals surface area contributed by atoms with Gasteiger partial charge in [-0.2, -0.15) is 0 Å². The smallest absolute Gasteiger partial charge is 0.320 e. The zero-order valence-electron chi connectivity index (χ0n) is 16.9. The van der Waals surface area contributed by atoms with Crippen molar-refractivity contribution in [3.05, 3.63) is 0 Å². The van der Waals surface area contributed by atoms with Crippen molar-refractivity contribution in [2.75, 3.05) is 13.1 Å². The van der Waals surface area contributed by atoms with Gasteiger partial charge in [0.1, 0.15) is 17.7 Å². The predicted octanol–water partition coefficient (Wildman–Crippen LogP) is -2.57. The number of hydrogen-bond donors (Lipinski definition) is 8. The minimum absolute atomic E-state index is 0.0231. The van der Waals surface area contributed by atoms with Crippen molar-refractivity contribution in [3.63, 3.8) is 0 Å². The lowest BCUT2D eigenvalue weighted by Crippen LogP contribution is -2.30. The molecule has 0 rings (SSSR count). The van der Waals surface area contributed by atoms with Crippen LogP contribution in [0.5, 0.6) is 0 Å². The highest BCUT2D eigenvalue weighted by atomic mass is 16.4. The van der Waals surface area contributed by atoms with E-state index in [0.717, 1.165) is 0 Å². The van der Waals surface area contributed by atoms with Crippen molar-refractivity contribution in [1.29, 1.82) is 0 Å². The molecule has 0 fully saturated rings. The van der Waals surface area contributed by atoms with E-state index in [9.17, 15) is 19.2 Å². The van der Waals surface area contributed by atoms with E-state index in [0.29, 0.717) is 11.4 Å². The lowest BCUT2D eigenvalue weighted by Gasteiger charge is -2.01. The van der Waals surface area contributed by atoms with Gasteiger partial charge in [0, 0.05) is 25.9 Å². The third kappa shape index (κ3) is 24.7. The van der Waals surface area contributed by atoms with Gasteiger partial charge in [-0.3, -0.25) is 19.2 Å². The number of nitrogens with two attached hydrogens (primary N) is 4. The minimum atomic E-state index is -1.17. The summed E-state index contributed by atoms with van der Waals surface area (Å²) in [6, 6.07) is -2.12. The zero-order valence-corrected chi connectivity index (χ0v) is 12.9.